The summed E-state index contributed by atoms with van der Waals surface area (Å²) < 4.78 is 11.3. The van der Waals surface area contributed by atoms with Crippen molar-refractivity contribution in [2.24, 2.45) is 0 Å². The zero-order chi connectivity index (χ0) is 12.7. The molecule has 1 aromatic carbocycles. The Bertz CT molecular complexity index is 569. The van der Waals surface area contributed by atoms with E-state index in [1.54, 1.807) is 18.4 Å². The van der Waals surface area contributed by atoms with E-state index in [1.165, 1.54) is 0 Å². The predicted octanol–water partition coefficient (Wildman–Crippen LogP) is 4.52. The second-order valence-corrected chi connectivity index (χ2v) is 5.09. The van der Waals surface area contributed by atoms with Gasteiger partial charge in [0.05, 0.1) is 23.0 Å². The number of ether oxygens (including phenoxy) is 1. The van der Waals surface area contributed by atoms with Crippen LogP contribution >= 0.6 is 23.2 Å². The van der Waals surface area contributed by atoms with Crippen molar-refractivity contribution in [3.05, 3.63) is 46.3 Å². The Morgan fingerprint density at radius 1 is 1.28 bits per heavy atom. The Morgan fingerprint density at radius 3 is 2.83 bits per heavy atom. The van der Waals surface area contributed by atoms with Gasteiger partial charge in [-0.3, -0.25) is 0 Å². The minimum absolute atomic E-state index is 0.0678. The van der Waals surface area contributed by atoms with Crippen LogP contribution in [0.2, 0.25) is 10.0 Å². The van der Waals surface area contributed by atoms with Gasteiger partial charge in [-0.1, -0.05) is 23.2 Å². The normalized spacial score (nSPS) is 21.9. The molecular formula is C13H11Cl2NO2. The van der Waals surface area contributed by atoms with E-state index < -0.39 is 0 Å². The molecule has 0 aliphatic carbocycles. The molecule has 94 valence electrons. The Balaban J connectivity index is 2.01. The second-order valence-electron chi connectivity index (χ2n) is 4.25. The predicted molar refractivity (Wildman–Crippen MR) is 71.6 cm³/mol. The summed E-state index contributed by atoms with van der Waals surface area (Å²) in [6.45, 7) is 2.02. The highest BCUT2D eigenvalue weighted by Crippen LogP contribution is 2.43. The molecule has 2 aromatic rings. The molecule has 3 rings (SSSR count). The monoisotopic (exact) mass is 283 g/mol. The lowest BCUT2D eigenvalue weighted by Crippen LogP contribution is -2.32. The summed E-state index contributed by atoms with van der Waals surface area (Å²) in [5, 5.41) is 4.40. The number of anilines is 1. The topological polar surface area (TPSA) is 34.4 Å². The lowest BCUT2D eigenvalue weighted by Gasteiger charge is -2.32. The van der Waals surface area contributed by atoms with Gasteiger partial charge in [0.15, 0.2) is 11.9 Å². The maximum absolute atomic E-state index is 6.14. The third-order valence-electron chi connectivity index (χ3n) is 2.91. The molecule has 2 atom stereocenters. The molecule has 5 heteroatoms. The maximum atomic E-state index is 6.14. The summed E-state index contributed by atoms with van der Waals surface area (Å²) in [7, 11) is 0. The minimum atomic E-state index is -0.203. The summed E-state index contributed by atoms with van der Waals surface area (Å²) in [5.74, 6) is 1.38. The molecular weight excluding hydrogens is 273 g/mol. The van der Waals surface area contributed by atoms with Gasteiger partial charge in [0.25, 0.3) is 0 Å². The summed E-state index contributed by atoms with van der Waals surface area (Å²) in [5.41, 5.74) is 0.808. The molecule has 1 aromatic heterocycles. The van der Waals surface area contributed by atoms with Crippen molar-refractivity contribution < 1.29 is 9.15 Å². The van der Waals surface area contributed by atoms with E-state index >= 15 is 0 Å². The van der Waals surface area contributed by atoms with E-state index in [0.717, 1.165) is 11.4 Å². The molecule has 0 bridgehead atoms. The van der Waals surface area contributed by atoms with Crippen molar-refractivity contribution in [3.8, 4) is 5.75 Å². The highest BCUT2D eigenvalue weighted by atomic mass is 35.5. The third kappa shape index (κ3) is 1.93. The first kappa shape index (κ1) is 11.8. The second kappa shape index (κ2) is 4.41. The number of fused-ring (bicyclic) bond motifs is 1. The molecule has 18 heavy (non-hydrogen) atoms. The average molecular weight is 284 g/mol. The molecule has 2 unspecified atom stereocenters. The van der Waals surface area contributed by atoms with E-state index in [2.05, 4.69) is 5.32 Å². The maximum Gasteiger partial charge on any atom is 0.176 e. The fraction of sp³-hybridized carbons (Fsp3) is 0.231. The van der Waals surface area contributed by atoms with Crippen molar-refractivity contribution in [2.75, 3.05) is 5.32 Å². The van der Waals surface area contributed by atoms with Crippen molar-refractivity contribution in [1.82, 2.24) is 0 Å². The van der Waals surface area contributed by atoms with Gasteiger partial charge in [-0.25, -0.2) is 0 Å². The van der Waals surface area contributed by atoms with Gasteiger partial charge in [0.1, 0.15) is 5.76 Å². The van der Waals surface area contributed by atoms with Crippen LogP contribution in [0.5, 0.6) is 5.75 Å². The number of furan rings is 1. The molecule has 0 fully saturated rings. The number of benzene rings is 1. The molecule has 0 radical (unpaired) electrons. The summed E-state index contributed by atoms with van der Waals surface area (Å²) in [6.07, 6.45) is 1.43. The van der Waals surface area contributed by atoms with Gasteiger partial charge >= 0.3 is 0 Å². The van der Waals surface area contributed by atoms with Crippen molar-refractivity contribution in [3.63, 3.8) is 0 Å². The van der Waals surface area contributed by atoms with Crippen LogP contribution in [-0.2, 0) is 0 Å². The molecule has 0 amide bonds. The third-order valence-corrected chi connectivity index (χ3v) is 3.41. The van der Waals surface area contributed by atoms with Gasteiger partial charge in [0.2, 0.25) is 0 Å². The molecule has 3 nitrogen and oxygen atoms in total. The Labute approximate surface area is 115 Å². The molecule has 0 saturated heterocycles. The standard InChI is InChI=1S/C13H11Cl2NO2/c1-7-12(11-3-2-4-17-11)18-13-9(15)5-8(14)6-10(13)16-7/h2-7,12,16H,1H3. The largest absolute Gasteiger partial charge is 0.477 e. The van der Waals surface area contributed by atoms with Gasteiger partial charge < -0.3 is 14.5 Å². The van der Waals surface area contributed by atoms with Crippen molar-refractivity contribution in [2.45, 2.75) is 19.1 Å². The van der Waals surface area contributed by atoms with E-state index in [4.69, 9.17) is 32.4 Å². The van der Waals surface area contributed by atoms with E-state index in [9.17, 15) is 0 Å². The minimum Gasteiger partial charge on any atom is -0.477 e. The summed E-state index contributed by atoms with van der Waals surface area (Å²) in [6, 6.07) is 7.26. The highest BCUT2D eigenvalue weighted by Gasteiger charge is 2.31. The van der Waals surface area contributed by atoms with Gasteiger partial charge in [-0.15, -0.1) is 0 Å². The SMILES string of the molecule is CC1Nc2cc(Cl)cc(Cl)c2OC1c1ccco1. The molecule has 1 aliphatic rings. The van der Waals surface area contributed by atoms with E-state index in [-0.39, 0.29) is 12.1 Å². The van der Waals surface area contributed by atoms with Crippen LogP contribution in [0.15, 0.2) is 34.9 Å². The fourth-order valence-electron chi connectivity index (χ4n) is 2.09. The van der Waals surface area contributed by atoms with Crippen LogP contribution in [-0.4, -0.2) is 6.04 Å². The van der Waals surface area contributed by atoms with Crippen LogP contribution < -0.4 is 10.1 Å². The van der Waals surface area contributed by atoms with Crippen LogP contribution in [0.4, 0.5) is 5.69 Å². The van der Waals surface area contributed by atoms with Crippen LogP contribution in [0, 0.1) is 0 Å². The van der Waals surface area contributed by atoms with E-state index in [1.807, 2.05) is 19.1 Å². The number of hydrogen-bond donors (Lipinski definition) is 1. The van der Waals surface area contributed by atoms with Crippen molar-refractivity contribution in [1.29, 1.82) is 0 Å². The molecule has 1 aliphatic heterocycles. The van der Waals surface area contributed by atoms with Crippen LogP contribution in [0.1, 0.15) is 18.8 Å². The zero-order valence-electron chi connectivity index (χ0n) is 9.61. The van der Waals surface area contributed by atoms with Gasteiger partial charge in [-0.2, -0.15) is 0 Å². The first-order valence-corrected chi connectivity index (χ1v) is 6.36. The molecule has 0 saturated carbocycles. The lowest BCUT2D eigenvalue weighted by molar-refractivity contribution is 0.151. The molecule has 1 N–H and O–H groups in total. The number of nitrogens with one attached hydrogen (secondary N) is 1. The van der Waals surface area contributed by atoms with Crippen LogP contribution in [0.25, 0.3) is 0 Å². The van der Waals surface area contributed by atoms with Crippen LogP contribution in [0.3, 0.4) is 0 Å². The summed E-state index contributed by atoms with van der Waals surface area (Å²) >= 11 is 12.1. The number of halogens is 2. The first-order valence-electron chi connectivity index (χ1n) is 5.61. The smallest absolute Gasteiger partial charge is 0.176 e. The Hall–Kier alpha value is -1.32. The van der Waals surface area contributed by atoms with Gasteiger partial charge in [0, 0.05) is 5.02 Å². The lowest BCUT2D eigenvalue weighted by atomic mass is 10.1. The van der Waals surface area contributed by atoms with E-state index in [0.29, 0.717) is 15.8 Å². The van der Waals surface area contributed by atoms with Gasteiger partial charge in [-0.05, 0) is 31.2 Å². The molecule has 0 spiro atoms. The summed E-state index contributed by atoms with van der Waals surface area (Å²) in [4.78, 5) is 0. The average Bonchev–Trinajstić information content (AvgIpc) is 2.81. The Kier molecular flexibility index (Phi) is 2.88. The fourth-order valence-corrected chi connectivity index (χ4v) is 2.63. The number of rotatable bonds is 1. The quantitative estimate of drug-likeness (QED) is 0.836. The Morgan fingerprint density at radius 2 is 2.11 bits per heavy atom. The first-order chi connectivity index (χ1) is 8.65. The molecule has 2 heterocycles. The van der Waals surface area contributed by atoms with Crippen molar-refractivity contribution >= 4 is 28.9 Å². The number of hydrogen-bond acceptors (Lipinski definition) is 3. The zero-order valence-corrected chi connectivity index (χ0v) is 11.1. The highest BCUT2D eigenvalue weighted by molar-refractivity contribution is 6.36.